The molecule has 0 aliphatic heterocycles. The van der Waals surface area contributed by atoms with Gasteiger partial charge in [0.25, 0.3) is 5.91 Å². The molecule has 0 spiro atoms. The molecule has 0 aromatic carbocycles. The van der Waals surface area contributed by atoms with Crippen molar-refractivity contribution in [1.29, 1.82) is 0 Å². The molecular weight excluding hydrogens is 380 g/mol. The van der Waals surface area contributed by atoms with Crippen molar-refractivity contribution in [3.63, 3.8) is 0 Å². The lowest BCUT2D eigenvalue weighted by molar-refractivity contribution is -0.148. The second kappa shape index (κ2) is 12.3. The highest BCUT2D eigenvalue weighted by Gasteiger charge is 2.15. The molecule has 1 heterocycles. The molecule has 2 rings (SSSR count). The number of esters is 1. The van der Waals surface area contributed by atoms with E-state index in [1.165, 1.54) is 30.6 Å². The third-order valence-electron chi connectivity index (χ3n) is 4.70. The number of rotatable bonds is 11. The van der Waals surface area contributed by atoms with Crippen LogP contribution in [0.2, 0.25) is 0 Å². The van der Waals surface area contributed by atoms with Crippen molar-refractivity contribution in [3.05, 3.63) is 22.4 Å². The van der Waals surface area contributed by atoms with Crippen LogP contribution in [0.15, 0.2) is 17.5 Å². The van der Waals surface area contributed by atoms with E-state index in [0.29, 0.717) is 17.3 Å². The highest BCUT2D eigenvalue weighted by molar-refractivity contribution is 7.12. The lowest BCUT2D eigenvalue weighted by Crippen LogP contribution is -2.34. The van der Waals surface area contributed by atoms with Gasteiger partial charge in [-0.05, 0) is 30.2 Å². The molecule has 8 heteroatoms. The van der Waals surface area contributed by atoms with Crippen LogP contribution in [0.4, 0.5) is 0 Å². The van der Waals surface area contributed by atoms with Crippen molar-refractivity contribution < 1.29 is 23.9 Å². The largest absolute Gasteiger partial charge is 0.456 e. The molecule has 0 unspecified atom stereocenters. The van der Waals surface area contributed by atoms with Crippen molar-refractivity contribution in [2.45, 2.75) is 51.4 Å². The van der Waals surface area contributed by atoms with Crippen LogP contribution in [0.3, 0.4) is 0 Å². The predicted octanol–water partition coefficient (Wildman–Crippen LogP) is 2.46. The number of carbonyl (C=O) groups excluding carboxylic acids is 4. The zero-order valence-electron chi connectivity index (χ0n) is 16.0. The smallest absolute Gasteiger partial charge is 0.308 e. The summed E-state index contributed by atoms with van der Waals surface area (Å²) in [6.07, 6.45) is 6.17. The number of ether oxygens (including phenoxy) is 1. The second-order valence-electron chi connectivity index (χ2n) is 6.97. The molecule has 1 aromatic heterocycles. The van der Waals surface area contributed by atoms with E-state index in [0.717, 1.165) is 12.8 Å². The highest BCUT2D eigenvalue weighted by atomic mass is 32.1. The molecule has 1 saturated carbocycles. The number of Topliss-reactive ketones (excluding diaryl/α,β-unsaturated/α-hetero) is 1. The molecule has 1 fully saturated rings. The topological polar surface area (TPSA) is 102 Å². The van der Waals surface area contributed by atoms with Gasteiger partial charge in [-0.1, -0.05) is 25.3 Å². The molecule has 2 N–H and O–H groups in total. The zero-order chi connectivity index (χ0) is 20.2. The average Bonchev–Trinajstić information content (AvgIpc) is 3.24. The fourth-order valence-electron chi connectivity index (χ4n) is 3.10. The van der Waals surface area contributed by atoms with Gasteiger partial charge in [-0.15, -0.1) is 11.3 Å². The number of amides is 2. The predicted molar refractivity (Wildman–Crippen MR) is 106 cm³/mol. The fourth-order valence-corrected chi connectivity index (χ4v) is 3.79. The first kappa shape index (κ1) is 22.1. The van der Waals surface area contributed by atoms with Gasteiger partial charge in [0.2, 0.25) is 5.91 Å². The van der Waals surface area contributed by atoms with Gasteiger partial charge in [-0.2, -0.15) is 0 Å². The molecule has 0 radical (unpaired) electrons. The SMILES string of the molecule is O=C(CCC(=O)c1cccs1)NCCC(=O)OCC(=O)NCC1CCCCC1. The van der Waals surface area contributed by atoms with Crippen LogP contribution in [0.1, 0.15) is 61.0 Å². The van der Waals surface area contributed by atoms with Crippen LogP contribution in [0, 0.1) is 5.92 Å². The molecule has 1 aliphatic rings. The number of nitrogens with one attached hydrogen (secondary N) is 2. The van der Waals surface area contributed by atoms with Gasteiger partial charge >= 0.3 is 5.97 Å². The fraction of sp³-hybridized carbons (Fsp3) is 0.600. The Kier molecular flexibility index (Phi) is 9.68. The Labute approximate surface area is 169 Å². The first-order valence-corrected chi connectivity index (χ1v) is 10.7. The number of hydrogen-bond donors (Lipinski definition) is 2. The quantitative estimate of drug-likeness (QED) is 0.433. The zero-order valence-corrected chi connectivity index (χ0v) is 16.9. The minimum absolute atomic E-state index is 0.0134. The highest BCUT2D eigenvalue weighted by Crippen LogP contribution is 2.22. The summed E-state index contributed by atoms with van der Waals surface area (Å²) in [4.78, 5) is 47.6. The van der Waals surface area contributed by atoms with E-state index in [2.05, 4.69) is 10.6 Å². The summed E-state index contributed by atoms with van der Waals surface area (Å²) in [6, 6.07) is 3.52. The monoisotopic (exact) mass is 408 g/mol. The summed E-state index contributed by atoms with van der Waals surface area (Å²) in [5.74, 6) is -0.667. The standard InChI is InChI=1S/C20H28N2O5S/c23-16(17-7-4-12-28-17)8-9-18(24)21-11-10-20(26)27-14-19(25)22-13-15-5-2-1-3-6-15/h4,7,12,15H,1-3,5-6,8-11,13-14H2,(H,21,24)(H,22,25). The van der Waals surface area contributed by atoms with Gasteiger partial charge in [-0.3, -0.25) is 19.2 Å². The minimum Gasteiger partial charge on any atom is -0.456 e. The van der Waals surface area contributed by atoms with E-state index in [1.807, 2.05) is 5.38 Å². The Morgan fingerprint density at radius 1 is 1.00 bits per heavy atom. The van der Waals surface area contributed by atoms with Crippen LogP contribution in [-0.4, -0.2) is 43.3 Å². The first-order chi connectivity index (χ1) is 13.5. The van der Waals surface area contributed by atoms with Gasteiger partial charge in [-0.25, -0.2) is 0 Å². The van der Waals surface area contributed by atoms with Crippen molar-refractivity contribution in [1.82, 2.24) is 10.6 Å². The third-order valence-corrected chi connectivity index (χ3v) is 5.61. The maximum absolute atomic E-state index is 11.8. The van der Waals surface area contributed by atoms with E-state index < -0.39 is 5.97 Å². The van der Waals surface area contributed by atoms with Gasteiger partial charge < -0.3 is 15.4 Å². The van der Waals surface area contributed by atoms with Crippen LogP contribution in [-0.2, 0) is 19.1 Å². The Balaban J connectivity index is 1.49. The molecule has 0 bridgehead atoms. The molecule has 28 heavy (non-hydrogen) atoms. The molecule has 154 valence electrons. The van der Waals surface area contributed by atoms with E-state index in [9.17, 15) is 19.2 Å². The van der Waals surface area contributed by atoms with Crippen molar-refractivity contribution in [3.8, 4) is 0 Å². The average molecular weight is 409 g/mol. The first-order valence-electron chi connectivity index (χ1n) is 9.80. The van der Waals surface area contributed by atoms with Crippen molar-refractivity contribution in [2.75, 3.05) is 19.7 Å². The van der Waals surface area contributed by atoms with E-state index in [4.69, 9.17) is 4.74 Å². The Morgan fingerprint density at radius 2 is 1.79 bits per heavy atom. The summed E-state index contributed by atoms with van der Waals surface area (Å²) in [5, 5.41) is 7.20. The molecule has 0 saturated heterocycles. The Morgan fingerprint density at radius 3 is 2.50 bits per heavy atom. The number of hydrogen-bond acceptors (Lipinski definition) is 6. The van der Waals surface area contributed by atoms with Crippen molar-refractivity contribution >= 4 is 34.9 Å². The van der Waals surface area contributed by atoms with E-state index in [-0.39, 0.29) is 50.0 Å². The number of thiophene rings is 1. The summed E-state index contributed by atoms with van der Waals surface area (Å²) >= 11 is 1.35. The molecule has 2 amide bonds. The molecule has 1 aliphatic carbocycles. The van der Waals surface area contributed by atoms with E-state index >= 15 is 0 Å². The summed E-state index contributed by atoms with van der Waals surface area (Å²) < 4.78 is 4.92. The van der Waals surface area contributed by atoms with Gasteiger partial charge in [0.05, 0.1) is 11.3 Å². The van der Waals surface area contributed by atoms with Crippen LogP contribution in [0.25, 0.3) is 0 Å². The summed E-state index contributed by atoms with van der Waals surface area (Å²) in [5.41, 5.74) is 0. The normalized spacial score (nSPS) is 14.3. The van der Waals surface area contributed by atoms with E-state index in [1.54, 1.807) is 12.1 Å². The Bertz CT molecular complexity index is 654. The van der Waals surface area contributed by atoms with Gasteiger partial charge in [0.15, 0.2) is 12.4 Å². The molecule has 0 atom stereocenters. The molecule has 1 aromatic rings. The Hall–Kier alpha value is -2.22. The second-order valence-corrected chi connectivity index (χ2v) is 7.92. The molecular formula is C20H28N2O5S. The summed E-state index contributed by atoms with van der Waals surface area (Å²) in [6.45, 7) is 0.458. The van der Waals surface area contributed by atoms with Gasteiger partial charge in [0, 0.05) is 25.9 Å². The lowest BCUT2D eigenvalue weighted by Gasteiger charge is -2.21. The number of ketones is 1. The lowest BCUT2D eigenvalue weighted by atomic mass is 9.89. The van der Waals surface area contributed by atoms with Crippen molar-refractivity contribution in [2.24, 2.45) is 5.92 Å². The minimum atomic E-state index is -0.539. The maximum Gasteiger partial charge on any atom is 0.308 e. The van der Waals surface area contributed by atoms with Crippen LogP contribution < -0.4 is 10.6 Å². The van der Waals surface area contributed by atoms with Crippen LogP contribution in [0.5, 0.6) is 0 Å². The van der Waals surface area contributed by atoms with Crippen LogP contribution >= 0.6 is 11.3 Å². The number of carbonyl (C=O) groups is 4. The van der Waals surface area contributed by atoms with Gasteiger partial charge in [0.1, 0.15) is 0 Å². The molecule has 7 nitrogen and oxygen atoms in total. The third kappa shape index (κ3) is 8.65. The maximum atomic E-state index is 11.8. The summed E-state index contributed by atoms with van der Waals surface area (Å²) in [7, 11) is 0.